The van der Waals surface area contributed by atoms with Crippen molar-refractivity contribution in [3.05, 3.63) is 74.2 Å². The molecule has 0 aliphatic carbocycles. The summed E-state index contributed by atoms with van der Waals surface area (Å²) in [5.41, 5.74) is 4.12. The molecule has 0 atom stereocenters. The molecule has 0 fully saturated rings. The minimum Gasteiger partial charge on any atom is -0.140 e. The Morgan fingerprint density at radius 1 is 1.00 bits per heavy atom. The molecule has 0 radical (unpaired) electrons. The summed E-state index contributed by atoms with van der Waals surface area (Å²) in [6.45, 7) is 2.20. The second kappa shape index (κ2) is 7.20. The molecule has 22 heavy (non-hydrogen) atoms. The Hall–Kier alpha value is -0.780. The standard InChI is InChI=1S/C19H17IS2/c1-13-3-6-16(20)11-15(13)12-18-9-10-19(22-18)14-4-7-17(21-2)8-5-14/h3-11H,12H2,1-2H3. The van der Waals surface area contributed by atoms with Crippen LogP contribution in [0.4, 0.5) is 0 Å². The Labute approximate surface area is 154 Å². The van der Waals surface area contributed by atoms with E-state index >= 15 is 0 Å². The SMILES string of the molecule is CSc1ccc(-c2ccc(Cc3cc(I)ccc3C)s2)cc1. The number of halogens is 1. The summed E-state index contributed by atoms with van der Waals surface area (Å²) in [5, 5.41) is 0. The van der Waals surface area contributed by atoms with Crippen molar-refractivity contribution in [2.24, 2.45) is 0 Å². The first-order chi connectivity index (χ1) is 10.7. The summed E-state index contributed by atoms with van der Waals surface area (Å²) in [6.07, 6.45) is 3.14. The van der Waals surface area contributed by atoms with Gasteiger partial charge in [0.2, 0.25) is 0 Å². The number of thioether (sulfide) groups is 1. The van der Waals surface area contributed by atoms with Gasteiger partial charge in [0.1, 0.15) is 0 Å². The Bertz CT molecular complexity index is 772. The maximum atomic E-state index is 2.39. The van der Waals surface area contributed by atoms with E-state index in [1.165, 1.54) is 34.9 Å². The van der Waals surface area contributed by atoms with Crippen LogP contribution in [0.5, 0.6) is 0 Å². The van der Waals surface area contributed by atoms with Crippen molar-refractivity contribution in [3.63, 3.8) is 0 Å². The van der Waals surface area contributed by atoms with Crippen molar-refractivity contribution < 1.29 is 0 Å². The van der Waals surface area contributed by atoms with Crippen LogP contribution in [0.3, 0.4) is 0 Å². The molecule has 0 spiro atoms. The number of hydrogen-bond donors (Lipinski definition) is 0. The second-order valence-corrected chi connectivity index (χ2v) is 8.54. The van der Waals surface area contributed by atoms with E-state index in [2.05, 4.69) is 90.4 Å². The molecule has 0 aliphatic rings. The van der Waals surface area contributed by atoms with Crippen molar-refractivity contribution in [1.29, 1.82) is 0 Å². The lowest BCUT2D eigenvalue weighted by molar-refractivity contribution is 1.19. The molecular weight excluding hydrogens is 419 g/mol. The van der Waals surface area contributed by atoms with Gasteiger partial charge in [-0.05, 0) is 88.9 Å². The largest absolute Gasteiger partial charge is 0.140 e. The van der Waals surface area contributed by atoms with Crippen LogP contribution in [0.2, 0.25) is 0 Å². The molecule has 0 amide bonds. The lowest BCUT2D eigenvalue weighted by atomic mass is 10.1. The van der Waals surface area contributed by atoms with E-state index in [-0.39, 0.29) is 0 Å². The summed E-state index contributed by atoms with van der Waals surface area (Å²) in [4.78, 5) is 4.09. The smallest absolute Gasteiger partial charge is 0.0345 e. The molecule has 0 saturated carbocycles. The number of thiophene rings is 1. The predicted octanol–water partition coefficient (Wildman–Crippen LogP) is 6.64. The van der Waals surface area contributed by atoms with E-state index in [0.717, 1.165) is 6.42 Å². The zero-order valence-corrected chi connectivity index (χ0v) is 16.4. The maximum Gasteiger partial charge on any atom is 0.0345 e. The zero-order chi connectivity index (χ0) is 15.5. The van der Waals surface area contributed by atoms with E-state index in [0.29, 0.717) is 0 Å². The summed E-state index contributed by atoms with van der Waals surface area (Å²) in [7, 11) is 0. The molecule has 1 aromatic heterocycles. The Morgan fingerprint density at radius 3 is 2.50 bits per heavy atom. The number of aryl methyl sites for hydroxylation is 1. The molecule has 1 heterocycles. The normalized spacial score (nSPS) is 10.9. The number of hydrogen-bond acceptors (Lipinski definition) is 2. The predicted molar refractivity (Wildman–Crippen MR) is 108 cm³/mol. The topological polar surface area (TPSA) is 0 Å². The third-order valence-electron chi connectivity index (χ3n) is 3.71. The van der Waals surface area contributed by atoms with E-state index in [9.17, 15) is 0 Å². The molecule has 3 aromatic rings. The van der Waals surface area contributed by atoms with Crippen molar-refractivity contribution in [2.75, 3.05) is 6.26 Å². The lowest BCUT2D eigenvalue weighted by Crippen LogP contribution is -1.90. The van der Waals surface area contributed by atoms with Crippen LogP contribution >= 0.6 is 45.7 Å². The number of rotatable bonds is 4. The van der Waals surface area contributed by atoms with Crippen LogP contribution < -0.4 is 0 Å². The number of benzene rings is 2. The molecule has 0 aliphatic heterocycles. The highest BCUT2D eigenvalue weighted by Crippen LogP contribution is 2.31. The summed E-state index contributed by atoms with van der Waals surface area (Å²) < 4.78 is 1.31. The first kappa shape index (κ1) is 16.1. The summed E-state index contributed by atoms with van der Waals surface area (Å²) in [6, 6.07) is 20.0. The van der Waals surface area contributed by atoms with Crippen molar-refractivity contribution in [3.8, 4) is 10.4 Å². The molecule has 0 nitrogen and oxygen atoms in total. The second-order valence-electron chi connectivity index (χ2n) is 5.24. The van der Waals surface area contributed by atoms with Gasteiger partial charge >= 0.3 is 0 Å². The molecular formula is C19H17IS2. The van der Waals surface area contributed by atoms with Gasteiger partial charge in [0.15, 0.2) is 0 Å². The van der Waals surface area contributed by atoms with Gasteiger partial charge < -0.3 is 0 Å². The highest BCUT2D eigenvalue weighted by Gasteiger charge is 2.06. The highest BCUT2D eigenvalue weighted by molar-refractivity contribution is 14.1. The molecule has 112 valence electrons. The van der Waals surface area contributed by atoms with E-state index in [4.69, 9.17) is 0 Å². The summed E-state index contributed by atoms with van der Waals surface area (Å²) >= 11 is 6.07. The zero-order valence-electron chi connectivity index (χ0n) is 12.6. The molecule has 0 bridgehead atoms. The van der Waals surface area contributed by atoms with Gasteiger partial charge in [-0.1, -0.05) is 18.2 Å². The molecule has 2 aromatic carbocycles. The van der Waals surface area contributed by atoms with Gasteiger partial charge in [0.05, 0.1) is 0 Å². The van der Waals surface area contributed by atoms with Gasteiger partial charge in [0, 0.05) is 24.6 Å². The van der Waals surface area contributed by atoms with Crippen LogP contribution in [-0.2, 0) is 6.42 Å². The third kappa shape index (κ3) is 3.76. The van der Waals surface area contributed by atoms with Gasteiger partial charge in [0.25, 0.3) is 0 Å². The third-order valence-corrected chi connectivity index (χ3v) is 6.26. The molecule has 0 saturated heterocycles. The fraction of sp³-hybridized carbons (Fsp3) is 0.158. The minimum absolute atomic E-state index is 1.02. The Morgan fingerprint density at radius 2 is 1.77 bits per heavy atom. The Balaban J connectivity index is 1.82. The van der Waals surface area contributed by atoms with Crippen LogP contribution in [0.1, 0.15) is 16.0 Å². The van der Waals surface area contributed by atoms with Crippen molar-refractivity contribution >= 4 is 45.7 Å². The molecule has 0 N–H and O–H groups in total. The van der Waals surface area contributed by atoms with Gasteiger partial charge in [-0.15, -0.1) is 23.1 Å². The monoisotopic (exact) mass is 436 g/mol. The van der Waals surface area contributed by atoms with Crippen LogP contribution in [0.15, 0.2) is 59.5 Å². The Kier molecular flexibility index (Phi) is 5.26. The maximum absolute atomic E-state index is 2.39. The lowest BCUT2D eigenvalue weighted by Gasteiger charge is -2.05. The molecule has 0 unspecified atom stereocenters. The quantitative estimate of drug-likeness (QED) is 0.326. The highest BCUT2D eigenvalue weighted by atomic mass is 127. The fourth-order valence-electron chi connectivity index (χ4n) is 2.40. The summed E-state index contributed by atoms with van der Waals surface area (Å²) in [5.74, 6) is 0. The van der Waals surface area contributed by atoms with Crippen molar-refractivity contribution in [2.45, 2.75) is 18.2 Å². The first-order valence-electron chi connectivity index (χ1n) is 7.14. The van der Waals surface area contributed by atoms with Crippen molar-refractivity contribution in [1.82, 2.24) is 0 Å². The fourth-order valence-corrected chi connectivity index (χ4v) is 4.40. The molecule has 3 heteroatoms. The van der Waals surface area contributed by atoms with Crippen LogP contribution in [-0.4, -0.2) is 6.26 Å². The van der Waals surface area contributed by atoms with E-state index in [1.54, 1.807) is 11.8 Å². The van der Waals surface area contributed by atoms with Gasteiger partial charge in [-0.25, -0.2) is 0 Å². The van der Waals surface area contributed by atoms with Gasteiger partial charge in [-0.3, -0.25) is 0 Å². The van der Waals surface area contributed by atoms with Crippen LogP contribution in [0, 0.1) is 10.5 Å². The van der Waals surface area contributed by atoms with Crippen LogP contribution in [0.25, 0.3) is 10.4 Å². The average Bonchev–Trinajstić information content (AvgIpc) is 2.99. The first-order valence-corrected chi connectivity index (χ1v) is 10.3. The van der Waals surface area contributed by atoms with Gasteiger partial charge in [-0.2, -0.15) is 0 Å². The minimum atomic E-state index is 1.02. The average molecular weight is 436 g/mol. The van der Waals surface area contributed by atoms with E-state index < -0.39 is 0 Å². The van der Waals surface area contributed by atoms with E-state index in [1.807, 2.05) is 11.3 Å². The molecule has 3 rings (SSSR count).